The van der Waals surface area contributed by atoms with Gasteiger partial charge in [0.05, 0.1) is 23.8 Å². The molecule has 1 unspecified atom stereocenters. The molecule has 0 saturated heterocycles. The van der Waals surface area contributed by atoms with Gasteiger partial charge in [-0.25, -0.2) is 14.2 Å². The lowest BCUT2D eigenvalue weighted by Crippen LogP contribution is -2.28. The van der Waals surface area contributed by atoms with Crippen molar-refractivity contribution in [1.29, 1.82) is 0 Å². The highest BCUT2D eigenvalue weighted by atomic mass is 19.1. The van der Waals surface area contributed by atoms with Gasteiger partial charge in [-0.1, -0.05) is 12.1 Å². The Morgan fingerprint density at radius 1 is 1.50 bits per heavy atom. The van der Waals surface area contributed by atoms with Crippen LogP contribution in [-0.4, -0.2) is 22.1 Å². The normalized spacial score (nSPS) is 12.3. The van der Waals surface area contributed by atoms with Crippen molar-refractivity contribution in [1.82, 2.24) is 9.55 Å². The number of halogens is 1. The molecule has 0 amide bonds. The van der Waals surface area contributed by atoms with Crippen LogP contribution >= 0.6 is 0 Å². The van der Waals surface area contributed by atoms with Gasteiger partial charge >= 0.3 is 5.97 Å². The Morgan fingerprint density at radius 3 is 2.94 bits per heavy atom. The second-order valence-corrected chi connectivity index (χ2v) is 3.54. The van der Waals surface area contributed by atoms with Gasteiger partial charge in [0.2, 0.25) is 0 Å². The lowest BCUT2D eigenvalue weighted by Gasteiger charge is -2.12. The molecule has 94 valence electrons. The summed E-state index contributed by atoms with van der Waals surface area (Å²) in [7, 11) is 0. The summed E-state index contributed by atoms with van der Waals surface area (Å²) in [5, 5.41) is 0. The SMILES string of the molecule is CCOC(=O)C(F)n1c(=O)cnc2ccccc21. The Kier molecular flexibility index (Phi) is 3.36. The van der Waals surface area contributed by atoms with Crippen molar-refractivity contribution in [3.63, 3.8) is 0 Å². The van der Waals surface area contributed by atoms with Gasteiger partial charge in [-0.3, -0.25) is 9.36 Å². The van der Waals surface area contributed by atoms with Crippen LogP contribution in [0.4, 0.5) is 4.39 Å². The number of alkyl halides is 1. The van der Waals surface area contributed by atoms with Crippen molar-refractivity contribution < 1.29 is 13.9 Å². The van der Waals surface area contributed by atoms with Crippen LogP contribution in [0.1, 0.15) is 13.2 Å². The molecule has 0 aliphatic rings. The first-order chi connectivity index (χ1) is 8.65. The highest BCUT2D eigenvalue weighted by molar-refractivity contribution is 5.78. The van der Waals surface area contributed by atoms with Gasteiger partial charge in [0.15, 0.2) is 0 Å². The Labute approximate surface area is 102 Å². The molecule has 0 radical (unpaired) electrons. The summed E-state index contributed by atoms with van der Waals surface area (Å²) in [6.07, 6.45) is -1.18. The average molecular weight is 250 g/mol. The minimum absolute atomic E-state index is 0.0526. The molecule has 1 heterocycles. The predicted molar refractivity (Wildman–Crippen MR) is 62.8 cm³/mol. The van der Waals surface area contributed by atoms with Gasteiger partial charge in [0, 0.05) is 0 Å². The van der Waals surface area contributed by atoms with Gasteiger partial charge in [-0.15, -0.1) is 0 Å². The number of hydrogen-bond acceptors (Lipinski definition) is 4. The van der Waals surface area contributed by atoms with Crippen molar-refractivity contribution >= 4 is 17.0 Å². The predicted octanol–water partition coefficient (Wildman–Crippen LogP) is 1.43. The van der Waals surface area contributed by atoms with Crippen LogP contribution in [0.3, 0.4) is 0 Å². The zero-order valence-corrected chi connectivity index (χ0v) is 9.67. The molecule has 1 aromatic carbocycles. The Morgan fingerprint density at radius 2 is 2.22 bits per heavy atom. The van der Waals surface area contributed by atoms with E-state index in [1.807, 2.05) is 0 Å². The highest BCUT2D eigenvalue weighted by Gasteiger charge is 2.23. The Balaban J connectivity index is 2.59. The van der Waals surface area contributed by atoms with E-state index in [1.54, 1.807) is 25.1 Å². The number of para-hydroxylation sites is 2. The van der Waals surface area contributed by atoms with Crippen LogP contribution in [0.5, 0.6) is 0 Å². The molecular formula is C12H11FN2O3. The topological polar surface area (TPSA) is 61.2 Å². The summed E-state index contributed by atoms with van der Waals surface area (Å²) in [4.78, 5) is 26.9. The van der Waals surface area contributed by atoms with E-state index in [1.165, 1.54) is 6.07 Å². The second kappa shape index (κ2) is 4.95. The number of benzene rings is 1. The minimum Gasteiger partial charge on any atom is -0.462 e. The quantitative estimate of drug-likeness (QED) is 0.773. The molecule has 0 spiro atoms. The Bertz CT molecular complexity index is 639. The van der Waals surface area contributed by atoms with Crippen LogP contribution in [-0.2, 0) is 9.53 Å². The molecule has 2 rings (SSSR count). The second-order valence-electron chi connectivity index (χ2n) is 3.54. The average Bonchev–Trinajstić information content (AvgIpc) is 2.38. The molecule has 0 bridgehead atoms. The van der Waals surface area contributed by atoms with E-state index < -0.39 is 17.8 Å². The summed E-state index contributed by atoms with van der Waals surface area (Å²) in [5.41, 5.74) is 0.00357. The smallest absolute Gasteiger partial charge is 0.362 e. The highest BCUT2D eigenvalue weighted by Crippen LogP contribution is 2.16. The lowest BCUT2D eigenvalue weighted by molar-refractivity contribution is -0.152. The molecule has 1 aromatic heterocycles. The van der Waals surface area contributed by atoms with E-state index >= 15 is 0 Å². The molecule has 18 heavy (non-hydrogen) atoms. The van der Waals surface area contributed by atoms with E-state index in [9.17, 15) is 14.0 Å². The zero-order valence-electron chi connectivity index (χ0n) is 9.67. The van der Waals surface area contributed by atoms with Crippen LogP contribution in [0.25, 0.3) is 11.0 Å². The molecule has 5 nitrogen and oxygen atoms in total. The monoisotopic (exact) mass is 250 g/mol. The number of nitrogens with zero attached hydrogens (tertiary/aromatic N) is 2. The van der Waals surface area contributed by atoms with E-state index in [0.717, 1.165) is 10.8 Å². The molecule has 0 saturated carbocycles. The van der Waals surface area contributed by atoms with Crippen molar-refractivity contribution in [2.75, 3.05) is 6.61 Å². The first kappa shape index (κ1) is 12.2. The number of rotatable bonds is 3. The molecule has 2 aromatic rings. The molecule has 6 heteroatoms. The molecule has 0 aliphatic heterocycles. The number of fused-ring (bicyclic) bond motifs is 1. The van der Waals surface area contributed by atoms with E-state index in [0.29, 0.717) is 5.52 Å². The van der Waals surface area contributed by atoms with Gasteiger partial charge < -0.3 is 4.74 Å². The fourth-order valence-corrected chi connectivity index (χ4v) is 1.63. The maximum Gasteiger partial charge on any atom is 0.362 e. The van der Waals surface area contributed by atoms with E-state index in [4.69, 9.17) is 0 Å². The summed E-state index contributed by atoms with van der Waals surface area (Å²) in [6.45, 7) is 1.62. The number of hydrogen-bond donors (Lipinski definition) is 0. The lowest BCUT2D eigenvalue weighted by atomic mass is 10.3. The fraction of sp³-hybridized carbons (Fsp3) is 0.250. The van der Waals surface area contributed by atoms with Crippen molar-refractivity contribution in [3.05, 3.63) is 40.8 Å². The van der Waals surface area contributed by atoms with Gasteiger partial charge in [0.1, 0.15) is 0 Å². The molecule has 1 atom stereocenters. The molecular weight excluding hydrogens is 239 g/mol. The largest absolute Gasteiger partial charge is 0.462 e. The van der Waals surface area contributed by atoms with Crippen molar-refractivity contribution in [2.45, 2.75) is 13.2 Å². The summed E-state index contributed by atoms with van der Waals surface area (Å²) < 4.78 is 19.3. The van der Waals surface area contributed by atoms with Gasteiger partial charge in [-0.2, -0.15) is 0 Å². The van der Waals surface area contributed by atoms with Crippen LogP contribution in [0, 0.1) is 0 Å². The first-order valence-corrected chi connectivity index (χ1v) is 5.42. The van der Waals surface area contributed by atoms with Crippen molar-refractivity contribution in [2.24, 2.45) is 0 Å². The number of esters is 1. The number of carbonyl (C=O) groups is 1. The summed E-state index contributed by atoms with van der Waals surface area (Å²) in [5.74, 6) is -1.09. The first-order valence-electron chi connectivity index (χ1n) is 5.42. The van der Waals surface area contributed by atoms with Gasteiger partial charge in [0.25, 0.3) is 11.9 Å². The third kappa shape index (κ3) is 2.09. The third-order valence-corrected chi connectivity index (χ3v) is 2.40. The van der Waals surface area contributed by atoms with E-state index in [-0.39, 0.29) is 12.1 Å². The molecule has 0 fully saturated rings. The van der Waals surface area contributed by atoms with Gasteiger partial charge in [-0.05, 0) is 19.1 Å². The minimum atomic E-state index is -2.16. The third-order valence-electron chi connectivity index (χ3n) is 2.40. The maximum absolute atomic E-state index is 14.0. The Hall–Kier alpha value is -2.24. The fourth-order valence-electron chi connectivity index (χ4n) is 1.63. The molecule has 0 aliphatic carbocycles. The maximum atomic E-state index is 14.0. The van der Waals surface area contributed by atoms with E-state index in [2.05, 4.69) is 9.72 Å². The van der Waals surface area contributed by atoms with Crippen LogP contribution < -0.4 is 5.56 Å². The summed E-state index contributed by atoms with van der Waals surface area (Å²) in [6, 6.07) is 6.50. The standard InChI is InChI=1S/C12H11FN2O3/c1-2-18-12(17)11(13)15-9-6-4-3-5-8(9)14-7-10(15)16/h3-7,11H,2H2,1H3. The number of ether oxygens (including phenoxy) is 1. The van der Waals surface area contributed by atoms with Crippen LogP contribution in [0.2, 0.25) is 0 Å². The zero-order chi connectivity index (χ0) is 13.1. The number of aromatic nitrogens is 2. The molecule has 0 N–H and O–H groups in total. The van der Waals surface area contributed by atoms with Crippen LogP contribution in [0.15, 0.2) is 35.3 Å². The summed E-state index contributed by atoms with van der Waals surface area (Å²) >= 11 is 0. The van der Waals surface area contributed by atoms with Crippen molar-refractivity contribution in [3.8, 4) is 0 Å². The number of carbonyl (C=O) groups excluding carboxylic acids is 1.